The molecule has 2 aromatic heterocycles. The number of rotatable bonds is 8. The number of carbonyl (C=O) groups is 1. The summed E-state index contributed by atoms with van der Waals surface area (Å²) in [6, 6.07) is 11.6. The summed E-state index contributed by atoms with van der Waals surface area (Å²) in [5.41, 5.74) is 0.960. The number of furan rings is 1. The summed E-state index contributed by atoms with van der Waals surface area (Å²) in [6.45, 7) is 2.14. The highest BCUT2D eigenvalue weighted by Crippen LogP contribution is 2.27. The summed E-state index contributed by atoms with van der Waals surface area (Å²) < 4.78 is 12.8. The lowest BCUT2D eigenvalue weighted by Gasteiger charge is -2.15. The highest BCUT2D eigenvalue weighted by Gasteiger charge is 2.21. The van der Waals surface area contributed by atoms with Crippen molar-refractivity contribution in [3.8, 4) is 17.1 Å². The van der Waals surface area contributed by atoms with Crippen molar-refractivity contribution in [3.63, 3.8) is 0 Å². The molecular weight excluding hydrogens is 376 g/mol. The van der Waals surface area contributed by atoms with Gasteiger partial charge >= 0.3 is 0 Å². The highest BCUT2D eigenvalue weighted by molar-refractivity contribution is 7.99. The maximum Gasteiger partial charge on any atom is 0.222 e. The van der Waals surface area contributed by atoms with Gasteiger partial charge in [-0.3, -0.25) is 9.36 Å². The number of ether oxygens (including phenoxy) is 1. The lowest BCUT2D eigenvalue weighted by atomic mass is 10.2. The lowest BCUT2D eigenvalue weighted by Crippen LogP contribution is -2.27. The summed E-state index contributed by atoms with van der Waals surface area (Å²) in [6.07, 6.45) is 3.29. The molecule has 0 atom stereocenters. The average Bonchev–Trinajstić information content (AvgIpc) is 3.46. The zero-order valence-corrected chi connectivity index (χ0v) is 16.5. The van der Waals surface area contributed by atoms with Crippen LogP contribution in [0.3, 0.4) is 0 Å². The normalized spacial score (nSPS) is 14.0. The molecule has 1 aliphatic heterocycles. The van der Waals surface area contributed by atoms with Gasteiger partial charge in [-0.25, -0.2) is 0 Å². The second-order valence-electron chi connectivity index (χ2n) is 6.53. The fraction of sp³-hybridized carbons (Fsp3) is 0.350. The molecule has 1 amide bonds. The van der Waals surface area contributed by atoms with E-state index in [1.165, 1.54) is 0 Å². The molecule has 0 aliphatic carbocycles. The van der Waals surface area contributed by atoms with E-state index in [1.807, 2.05) is 41.3 Å². The van der Waals surface area contributed by atoms with Gasteiger partial charge in [0.2, 0.25) is 5.91 Å². The lowest BCUT2D eigenvalue weighted by molar-refractivity contribution is -0.127. The van der Waals surface area contributed by atoms with Crippen LogP contribution < -0.4 is 4.74 Å². The molecule has 146 valence electrons. The Morgan fingerprint density at radius 1 is 1.21 bits per heavy atom. The smallest absolute Gasteiger partial charge is 0.222 e. The topological polar surface area (TPSA) is 73.4 Å². The van der Waals surface area contributed by atoms with Gasteiger partial charge in [-0.05, 0) is 42.8 Å². The Hall–Kier alpha value is -2.74. The van der Waals surface area contributed by atoms with E-state index in [2.05, 4.69) is 14.8 Å². The molecule has 1 saturated heterocycles. The molecule has 0 unspecified atom stereocenters. The first-order chi connectivity index (χ1) is 13.7. The Labute approximate surface area is 167 Å². The summed E-state index contributed by atoms with van der Waals surface area (Å²) in [5.74, 6) is 3.44. The first-order valence-corrected chi connectivity index (χ1v) is 10.2. The number of hydrogen-bond donors (Lipinski definition) is 0. The van der Waals surface area contributed by atoms with Crippen LogP contribution in [0, 0.1) is 0 Å². The van der Waals surface area contributed by atoms with E-state index in [-0.39, 0.29) is 5.91 Å². The van der Waals surface area contributed by atoms with E-state index < -0.39 is 0 Å². The number of hydrogen-bond acceptors (Lipinski definition) is 6. The van der Waals surface area contributed by atoms with Crippen LogP contribution in [0.1, 0.15) is 18.6 Å². The molecule has 0 bridgehead atoms. The Bertz CT molecular complexity index is 922. The van der Waals surface area contributed by atoms with Crippen molar-refractivity contribution in [1.29, 1.82) is 0 Å². The van der Waals surface area contributed by atoms with Crippen molar-refractivity contribution < 1.29 is 13.9 Å². The molecule has 7 nitrogen and oxygen atoms in total. The van der Waals surface area contributed by atoms with Gasteiger partial charge in [0.15, 0.2) is 11.0 Å². The van der Waals surface area contributed by atoms with Crippen LogP contribution >= 0.6 is 11.8 Å². The van der Waals surface area contributed by atoms with Crippen LogP contribution in [0.5, 0.6) is 5.75 Å². The minimum atomic E-state index is 0.247. The second-order valence-corrected chi connectivity index (χ2v) is 7.60. The molecule has 8 heteroatoms. The van der Waals surface area contributed by atoms with Crippen molar-refractivity contribution in [3.05, 3.63) is 48.4 Å². The van der Waals surface area contributed by atoms with Crippen molar-refractivity contribution in [1.82, 2.24) is 19.7 Å². The van der Waals surface area contributed by atoms with Gasteiger partial charge in [0.25, 0.3) is 0 Å². The molecule has 1 aliphatic rings. The van der Waals surface area contributed by atoms with E-state index >= 15 is 0 Å². The van der Waals surface area contributed by atoms with Crippen LogP contribution in [0.4, 0.5) is 0 Å². The van der Waals surface area contributed by atoms with Crippen LogP contribution in [0.25, 0.3) is 11.4 Å². The summed E-state index contributed by atoms with van der Waals surface area (Å²) in [7, 11) is 1.65. The van der Waals surface area contributed by atoms with E-state index in [9.17, 15) is 4.79 Å². The number of carbonyl (C=O) groups excluding carboxylic acids is 1. The van der Waals surface area contributed by atoms with Gasteiger partial charge in [-0.1, -0.05) is 11.8 Å². The molecule has 0 N–H and O–H groups in total. The molecule has 0 spiro atoms. The van der Waals surface area contributed by atoms with E-state index in [0.717, 1.165) is 53.3 Å². The summed E-state index contributed by atoms with van der Waals surface area (Å²) >= 11 is 1.61. The maximum absolute atomic E-state index is 11.8. The zero-order chi connectivity index (χ0) is 19.3. The molecular formula is C20H22N4O3S. The third kappa shape index (κ3) is 4.06. The molecule has 3 heterocycles. The highest BCUT2D eigenvalue weighted by atomic mass is 32.2. The van der Waals surface area contributed by atoms with Gasteiger partial charge in [-0.2, -0.15) is 0 Å². The number of nitrogens with zero attached hydrogens (tertiary/aromatic N) is 4. The largest absolute Gasteiger partial charge is 0.497 e. The summed E-state index contributed by atoms with van der Waals surface area (Å²) in [5, 5.41) is 9.63. The molecule has 0 radical (unpaired) electrons. The van der Waals surface area contributed by atoms with E-state index in [4.69, 9.17) is 9.15 Å². The van der Waals surface area contributed by atoms with Crippen LogP contribution in [0.2, 0.25) is 0 Å². The molecule has 0 saturated carbocycles. The third-order valence-corrected chi connectivity index (χ3v) is 5.67. The SMILES string of the molecule is COc1ccc(-c2nnc(SCCN3CCCC3=O)n2Cc2ccco2)cc1. The van der Waals surface area contributed by atoms with Gasteiger partial charge in [-0.15, -0.1) is 10.2 Å². The zero-order valence-electron chi connectivity index (χ0n) is 15.7. The number of likely N-dealkylation sites (tertiary alicyclic amines) is 1. The number of benzene rings is 1. The number of thioether (sulfide) groups is 1. The summed E-state index contributed by atoms with van der Waals surface area (Å²) in [4.78, 5) is 13.7. The van der Waals surface area contributed by atoms with E-state index in [1.54, 1.807) is 25.1 Å². The average molecular weight is 398 g/mol. The molecule has 3 aromatic rings. The Balaban J connectivity index is 1.54. The van der Waals surface area contributed by atoms with Crippen molar-refractivity contribution in [2.24, 2.45) is 0 Å². The predicted octanol–water partition coefficient (Wildman–Crippen LogP) is 3.31. The first-order valence-electron chi connectivity index (χ1n) is 9.25. The van der Waals surface area contributed by atoms with Crippen molar-refractivity contribution in [2.45, 2.75) is 24.5 Å². The number of amides is 1. The fourth-order valence-corrected chi connectivity index (χ4v) is 4.14. The maximum atomic E-state index is 11.8. The minimum Gasteiger partial charge on any atom is -0.497 e. The van der Waals surface area contributed by atoms with Crippen LogP contribution in [-0.4, -0.2) is 51.5 Å². The Morgan fingerprint density at radius 3 is 2.75 bits per heavy atom. The standard InChI is InChI=1S/C20H22N4O3S/c1-26-16-8-6-15(7-9-16)19-21-22-20(24(19)14-17-4-3-12-27-17)28-13-11-23-10-2-5-18(23)25/h3-4,6-9,12H,2,5,10-11,13-14H2,1H3. The molecule has 4 rings (SSSR count). The Morgan fingerprint density at radius 2 is 2.07 bits per heavy atom. The van der Waals surface area contributed by atoms with Crippen LogP contribution in [-0.2, 0) is 11.3 Å². The minimum absolute atomic E-state index is 0.247. The molecule has 28 heavy (non-hydrogen) atoms. The van der Waals surface area contributed by atoms with Gasteiger partial charge in [0, 0.05) is 30.8 Å². The van der Waals surface area contributed by atoms with E-state index in [0.29, 0.717) is 13.0 Å². The van der Waals surface area contributed by atoms with Gasteiger partial charge in [0.05, 0.1) is 19.9 Å². The van der Waals surface area contributed by atoms with Gasteiger partial charge in [0.1, 0.15) is 11.5 Å². The van der Waals surface area contributed by atoms with Gasteiger partial charge < -0.3 is 14.1 Å². The molecule has 1 fully saturated rings. The number of aromatic nitrogens is 3. The Kier molecular flexibility index (Phi) is 5.66. The second kappa shape index (κ2) is 8.52. The monoisotopic (exact) mass is 398 g/mol. The third-order valence-electron chi connectivity index (χ3n) is 4.72. The molecule has 1 aromatic carbocycles. The van der Waals surface area contributed by atoms with Crippen molar-refractivity contribution >= 4 is 17.7 Å². The quantitative estimate of drug-likeness (QED) is 0.542. The first kappa shape index (κ1) is 18.6. The van der Waals surface area contributed by atoms with Crippen LogP contribution in [0.15, 0.2) is 52.2 Å². The van der Waals surface area contributed by atoms with Crippen molar-refractivity contribution in [2.75, 3.05) is 26.0 Å². The fourth-order valence-electron chi connectivity index (χ4n) is 3.24. The predicted molar refractivity (Wildman–Crippen MR) is 106 cm³/mol. The number of methoxy groups -OCH3 is 1.